The zero-order valence-corrected chi connectivity index (χ0v) is 10.6. The molecule has 0 spiro atoms. The molecule has 4 N–H and O–H groups in total. The number of rotatable bonds is 6. The number of nitrogens with zero attached hydrogens (tertiary/aromatic N) is 1. The molecule has 8 heteroatoms. The van der Waals surface area contributed by atoms with Crippen LogP contribution in [0.4, 0.5) is 5.69 Å². The number of aliphatic hydroxyl groups is 4. The van der Waals surface area contributed by atoms with E-state index < -0.39 is 35.1 Å². The van der Waals surface area contributed by atoms with E-state index in [1.807, 2.05) is 0 Å². The van der Waals surface area contributed by atoms with Gasteiger partial charge in [0.1, 0.15) is 18.3 Å². The molecule has 0 heterocycles. The predicted octanol–water partition coefficient (Wildman–Crippen LogP) is -0.759. The number of carbonyl (C=O) groups excluding carboxylic acids is 1. The minimum atomic E-state index is -1.94. The fourth-order valence-corrected chi connectivity index (χ4v) is 1.55. The van der Waals surface area contributed by atoms with Crippen LogP contribution in [0.5, 0.6) is 0 Å². The van der Waals surface area contributed by atoms with E-state index in [0.717, 1.165) is 24.3 Å². The molecule has 4 unspecified atom stereocenters. The Morgan fingerprint density at radius 3 is 2.00 bits per heavy atom. The topological polar surface area (TPSA) is 141 Å². The minimum Gasteiger partial charge on any atom is -0.391 e. The van der Waals surface area contributed by atoms with E-state index in [1.54, 1.807) is 0 Å². The highest BCUT2D eigenvalue weighted by molar-refractivity contribution is 5.99. The quantitative estimate of drug-likeness (QED) is 0.306. The van der Waals surface area contributed by atoms with Crippen molar-refractivity contribution >= 4 is 11.5 Å². The van der Waals surface area contributed by atoms with Gasteiger partial charge in [-0.2, -0.15) is 0 Å². The smallest absolute Gasteiger partial charge is 0.269 e. The Kier molecular flexibility index (Phi) is 5.28. The van der Waals surface area contributed by atoms with Gasteiger partial charge in [0, 0.05) is 17.7 Å². The Morgan fingerprint density at radius 2 is 1.60 bits per heavy atom. The van der Waals surface area contributed by atoms with Crippen LogP contribution in [-0.4, -0.2) is 55.5 Å². The molecule has 1 aromatic carbocycles. The van der Waals surface area contributed by atoms with Crippen LogP contribution < -0.4 is 0 Å². The Hall–Kier alpha value is -1.87. The van der Waals surface area contributed by atoms with Crippen LogP contribution in [0.2, 0.25) is 0 Å². The highest BCUT2D eigenvalue weighted by atomic mass is 16.6. The van der Waals surface area contributed by atoms with E-state index in [-0.39, 0.29) is 11.3 Å². The van der Waals surface area contributed by atoms with E-state index in [4.69, 9.17) is 5.11 Å². The van der Waals surface area contributed by atoms with Crippen LogP contribution in [0.1, 0.15) is 17.3 Å². The summed E-state index contributed by atoms with van der Waals surface area (Å²) in [5.41, 5.74) is -0.277. The fraction of sp³-hybridized carbons (Fsp3) is 0.417. The van der Waals surface area contributed by atoms with Gasteiger partial charge in [-0.3, -0.25) is 14.9 Å². The van der Waals surface area contributed by atoms with Crippen LogP contribution in [0.25, 0.3) is 0 Å². The third-order valence-electron chi connectivity index (χ3n) is 2.80. The van der Waals surface area contributed by atoms with E-state index >= 15 is 0 Å². The fourth-order valence-electron chi connectivity index (χ4n) is 1.55. The molecule has 1 aromatic rings. The molecule has 0 saturated heterocycles. The van der Waals surface area contributed by atoms with Gasteiger partial charge in [0.15, 0.2) is 5.78 Å². The van der Waals surface area contributed by atoms with Crippen molar-refractivity contribution in [1.29, 1.82) is 0 Å². The van der Waals surface area contributed by atoms with Gasteiger partial charge in [-0.1, -0.05) is 0 Å². The van der Waals surface area contributed by atoms with Crippen LogP contribution in [0.15, 0.2) is 24.3 Å². The molecule has 0 radical (unpaired) electrons. The molecular weight excluding hydrogens is 270 g/mol. The lowest BCUT2D eigenvalue weighted by atomic mass is 9.97. The number of hydrogen-bond acceptors (Lipinski definition) is 7. The Labute approximate surface area is 114 Å². The summed E-state index contributed by atoms with van der Waals surface area (Å²) in [5, 5.41) is 48.1. The summed E-state index contributed by atoms with van der Waals surface area (Å²) in [6, 6.07) is 4.42. The number of hydrogen-bond donors (Lipinski definition) is 4. The molecule has 0 aromatic heterocycles. The van der Waals surface area contributed by atoms with Crippen molar-refractivity contribution < 1.29 is 30.1 Å². The summed E-state index contributed by atoms with van der Waals surface area (Å²) in [6.07, 6.45) is -6.82. The first kappa shape index (κ1) is 16.2. The molecule has 8 nitrogen and oxygen atoms in total. The molecule has 0 saturated carbocycles. The molecule has 110 valence electrons. The molecule has 0 bridgehead atoms. The van der Waals surface area contributed by atoms with Crippen molar-refractivity contribution in [2.24, 2.45) is 0 Å². The number of nitro benzene ring substituents is 1. The maximum atomic E-state index is 11.8. The summed E-state index contributed by atoms with van der Waals surface area (Å²) < 4.78 is 0. The van der Waals surface area contributed by atoms with E-state index in [2.05, 4.69) is 0 Å². The van der Waals surface area contributed by atoms with Crippen molar-refractivity contribution in [2.45, 2.75) is 31.3 Å². The first-order valence-corrected chi connectivity index (χ1v) is 5.76. The molecular formula is C12H15NO7. The summed E-state index contributed by atoms with van der Waals surface area (Å²) in [5.74, 6) is -0.910. The van der Waals surface area contributed by atoms with Crippen LogP contribution in [0.3, 0.4) is 0 Å². The lowest BCUT2D eigenvalue weighted by Crippen LogP contribution is -2.46. The maximum absolute atomic E-state index is 11.8. The second-order valence-corrected chi connectivity index (χ2v) is 4.33. The second kappa shape index (κ2) is 6.53. The largest absolute Gasteiger partial charge is 0.391 e. The van der Waals surface area contributed by atoms with Crippen LogP contribution >= 0.6 is 0 Å². The van der Waals surface area contributed by atoms with Crippen molar-refractivity contribution in [3.8, 4) is 0 Å². The molecule has 20 heavy (non-hydrogen) atoms. The first-order chi connectivity index (χ1) is 9.25. The van der Waals surface area contributed by atoms with E-state index in [0.29, 0.717) is 0 Å². The minimum absolute atomic E-state index is 0.0556. The summed E-state index contributed by atoms with van der Waals surface area (Å²) in [4.78, 5) is 21.6. The standard InChI is InChI=1S/C12H15NO7/c1-6(14)9(15)11(17)12(18)10(16)7-2-4-8(5-3-7)13(19)20/h2-6,9,11-12,14-15,17-18H,1H3. The van der Waals surface area contributed by atoms with Crippen LogP contribution in [0, 0.1) is 10.1 Å². The average molecular weight is 285 g/mol. The monoisotopic (exact) mass is 285 g/mol. The zero-order chi connectivity index (χ0) is 15.4. The highest BCUT2D eigenvalue weighted by Gasteiger charge is 2.33. The van der Waals surface area contributed by atoms with Gasteiger partial charge in [0.25, 0.3) is 5.69 Å². The van der Waals surface area contributed by atoms with Crippen LogP contribution in [-0.2, 0) is 0 Å². The lowest BCUT2D eigenvalue weighted by molar-refractivity contribution is -0.384. The van der Waals surface area contributed by atoms with Gasteiger partial charge in [-0.15, -0.1) is 0 Å². The first-order valence-electron chi connectivity index (χ1n) is 5.76. The number of carbonyl (C=O) groups is 1. The number of nitro groups is 1. The molecule has 0 aliphatic heterocycles. The van der Waals surface area contributed by atoms with Gasteiger partial charge < -0.3 is 20.4 Å². The van der Waals surface area contributed by atoms with Crippen molar-refractivity contribution in [1.82, 2.24) is 0 Å². The highest BCUT2D eigenvalue weighted by Crippen LogP contribution is 2.15. The molecule has 0 fully saturated rings. The van der Waals surface area contributed by atoms with Gasteiger partial charge in [0.2, 0.25) is 0 Å². The normalized spacial score (nSPS) is 17.1. The number of aliphatic hydroxyl groups excluding tert-OH is 4. The lowest BCUT2D eigenvalue weighted by Gasteiger charge is -2.23. The Morgan fingerprint density at radius 1 is 1.10 bits per heavy atom. The predicted molar refractivity (Wildman–Crippen MR) is 67.1 cm³/mol. The Balaban J connectivity index is 2.86. The maximum Gasteiger partial charge on any atom is 0.269 e. The van der Waals surface area contributed by atoms with Gasteiger partial charge in [-0.25, -0.2) is 0 Å². The third kappa shape index (κ3) is 3.58. The van der Waals surface area contributed by atoms with Crippen molar-refractivity contribution in [2.75, 3.05) is 0 Å². The third-order valence-corrected chi connectivity index (χ3v) is 2.80. The zero-order valence-electron chi connectivity index (χ0n) is 10.6. The molecule has 4 atom stereocenters. The molecule has 0 aliphatic rings. The van der Waals surface area contributed by atoms with Gasteiger partial charge in [-0.05, 0) is 19.1 Å². The number of non-ortho nitro benzene ring substituents is 1. The molecule has 0 amide bonds. The van der Waals surface area contributed by atoms with E-state index in [9.17, 15) is 30.2 Å². The van der Waals surface area contributed by atoms with Crippen molar-refractivity contribution in [3.05, 3.63) is 39.9 Å². The number of ketones is 1. The SMILES string of the molecule is CC(O)C(O)C(O)C(O)C(=O)c1ccc([N+](=O)[O-])cc1. The second-order valence-electron chi connectivity index (χ2n) is 4.33. The van der Waals surface area contributed by atoms with Gasteiger partial charge >= 0.3 is 0 Å². The summed E-state index contributed by atoms with van der Waals surface area (Å²) in [7, 11) is 0. The molecule has 0 aliphatic carbocycles. The summed E-state index contributed by atoms with van der Waals surface area (Å²) in [6.45, 7) is 1.19. The van der Waals surface area contributed by atoms with E-state index in [1.165, 1.54) is 6.92 Å². The summed E-state index contributed by atoms with van der Waals surface area (Å²) >= 11 is 0. The van der Waals surface area contributed by atoms with Crippen molar-refractivity contribution in [3.63, 3.8) is 0 Å². The average Bonchev–Trinajstić information content (AvgIpc) is 2.44. The number of benzene rings is 1. The molecule has 1 rings (SSSR count). The van der Waals surface area contributed by atoms with Gasteiger partial charge in [0.05, 0.1) is 11.0 Å². The number of Topliss-reactive ketones (excluding diaryl/α,β-unsaturated/α-hetero) is 1. The Bertz CT molecular complexity index is 485.